The third kappa shape index (κ3) is 4.54. The van der Waals surface area contributed by atoms with Crippen molar-refractivity contribution in [3.05, 3.63) is 35.1 Å². The van der Waals surface area contributed by atoms with Crippen LogP contribution in [0.2, 0.25) is 0 Å². The quantitative estimate of drug-likeness (QED) is 0.872. The number of alkyl halides is 3. The van der Waals surface area contributed by atoms with Crippen LogP contribution >= 0.6 is 0 Å². The van der Waals surface area contributed by atoms with E-state index in [-0.39, 0.29) is 12.3 Å². The molecule has 0 bridgehead atoms. The van der Waals surface area contributed by atoms with Crippen LogP contribution in [0.15, 0.2) is 18.2 Å². The molecule has 1 aromatic carbocycles. The molecule has 0 unspecified atom stereocenters. The zero-order valence-electron chi connectivity index (χ0n) is 11.8. The number of nitrogens with one attached hydrogen (secondary N) is 1. The first kappa shape index (κ1) is 17.1. The topological polar surface area (TPSA) is 46.2 Å². The van der Waals surface area contributed by atoms with E-state index in [0.29, 0.717) is 18.2 Å². The van der Waals surface area contributed by atoms with Gasteiger partial charge in [-0.1, -0.05) is 20.8 Å². The monoisotopic (exact) mass is 305 g/mol. The zero-order valence-corrected chi connectivity index (χ0v) is 11.8. The number of ketones is 1. The Morgan fingerprint density at radius 3 is 2.19 bits per heavy atom. The first-order valence-corrected chi connectivity index (χ1v) is 6.11. The van der Waals surface area contributed by atoms with E-state index in [1.807, 2.05) is 0 Å². The number of Topliss-reactive ketones (excluding diaryl/α,β-unsaturated/α-hetero) is 1. The summed E-state index contributed by atoms with van der Waals surface area (Å²) >= 11 is 0. The fraction of sp³-hybridized carbons (Fsp3) is 0.429. The minimum Gasteiger partial charge on any atom is -0.345 e. The van der Waals surface area contributed by atoms with Gasteiger partial charge < -0.3 is 5.32 Å². The van der Waals surface area contributed by atoms with Crippen molar-refractivity contribution in [3.63, 3.8) is 0 Å². The molecule has 0 spiro atoms. The maximum atomic E-state index is 13.5. The van der Waals surface area contributed by atoms with Crippen LogP contribution in [0.1, 0.15) is 36.7 Å². The van der Waals surface area contributed by atoms with E-state index in [9.17, 15) is 27.2 Å². The fourth-order valence-electron chi connectivity index (χ4n) is 1.40. The average Bonchev–Trinajstić information content (AvgIpc) is 2.33. The molecule has 0 aliphatic rings. The maximum Gasteiger partial charge on any atom is 0.416 e. The molecule has 116 valence electrons. The van der Waals surface area contributed by atoms with Crippen molar-refractivity contribution in [2.45, 2.75) is 26.9 Å². The summed E-state index contributed by atoms with van der Waals surface area (Å²) < 4.78 is 51.0. The Kier molecular flexibility index (Phi) is 4.76. The first-order chi connectivity index (χ1) is 9.43. The molecule has 0 saturated carbocycles. The van der Waals surface area contributed by atoms with Crippen LogP contribution < -0.4 is 5.32 Å². The lowest BCUT2D eigenvalue weighted by Crippen LogP contribution is -2.35. The highest BCUT2D eigenvalue weighted by Gasteiger charge is 2.32. The van der Waals surface area contributed by atoms with Crippen LogP contribution in [0.5, 0.6) is 0 Å². The minimum atomic E-state index is -4.68. The number of hydrogen-bond acceptors (Lipinski definition) is 2. The smallest absolute Gasteiger partial charge is 0.345 e. The van der Waals surface area contributed by atoms with Gasteiger partial charge in [-0.3, -0.25) is 9.59 Å². The third-order valence-corrected chi connectivity index (χ3v) is 2.78. The number of carbonyl (C=O) groups excluding carboxylic acids is 2. The molecule has 1 N–H and O–H groups in total. The van der Waals surface area contributed by atoms with E-state index in [4.69, 9.17) is 0 Å². The van der Waals surface area contributed by atoms with Gasteiger partial charge in [-0.15, -0.1) is 0 Å². The van der Waals surface area contributed by atoms with Crippen molar-refractivity contribution in [2.24, 2.45) is 5.41 Å². The van der Waals surface area contributed by atoms with Gasteiger partial charge in [0, 0.05) is 5.41 Å². The highest BCUT2D eigenvalue weighted by molar-refractivity contribution is 5.97. The van der Waals surface area contributed by atoms with E-state index in [1.54, 1.807) is 20.8 Å². The highest BCUT2D eigenvalue weighted by atomic mass is 19.4. The predicted molar refractivity (Wildman–Crippen MR) is 68.2 cm³/mol. The number of halogens is 4. The second-order valence-corrected chi connectivity index (χ2v) is 5.55. The number of carbonyl (C=O) groups is 2. The molecule has 0 aliphatic carbocycles. The van der Waals surface area contributed by atoms with E-state index in [2.05, 4.69) is 5.32 Å². The Balaban J connectivity index is 2.91. The normalized spacial score (nSPS) is 12.1. The van der Waals surface area contributed by atoms with Gasteiger partial charge >= 0.3 is 6.18 Å². The third-order valence-electron chi connectivity index (χ3n) is 2.78. The molecule has 0 saturated heterocycles. The molecule has 0 heterocycles. The fourth-order valence-corrected chi connectivity index (χ4v) is 1.40. The molecule has 0 fully saturated rings. The number of benzene rings is 1. The van der Waals surface area contributed by atoms with Crippen LogP contribution in [0, 0.1) is 11.2 Å². The van der Waals surface area contributed by atoms with Gasteiger partial charge in [-0.25, -0.2) is 4.39 Å². The molecule has 0 radical (unpaired) electrons. The van der Waals surface area contributed by atoms with E-state index < -0.39 is 34.4 Å². The first-order valence-electron chi connectivity index (χ1n) is 6.11. The van der Waals surface area contributed by atoms with E-state index in [0.717, 1.165) is 0 Å². The lowest BCUT2D eigenvalue weighted by atomic mass is 9.91. The van der Waals surface area contributed by atoms with Gasteiger partial charge in [0.25, 0.3) is 5.91 Å². The van der Waals surface area contributed by atoms with Gasteiger partial charge in [-0.2, -0.15) is 13.2 Å². The summed E-state index contributed by atoms with van der Waals surface area (Å²) in [7, 11) is 0. The lowest BCUT2D eigenvalue weighted by molar-refractivity contribution is -0.137. The Morgan fingerprint density at radius 1 is 1.14 bits per heavy atom. The summed E-state index contributed by atoms with van der Waals surface area (Å²) in [5, 5.41) is 2.13. The van der Waals surface area contributed by atoms with E-state index >= 15 is 0 Å². The molecular weight excluding hydrogens is 290 g/mol. The summed E-state index contributed by atoms with van der Waals surface area (Å²) in [4.78, 5) is 23.3. The van der Waals surface area contributed by atoms with Gasteiger partial charge in [0.2, 0.25) is 0 Å². The van der Waals surface area contributed by atoms with Gasteiger partial charge in [0.15, 0.2) is 5.78 Å². The van der Waals surface area contributed by atoms with Gasteiger partial charge in [0.05, 0.1) is 17.7 Å². The van der Waals surface area contributed by atoms with Crippen molar-refractivity contribution in [3.8, 4) is 0 Å². The van der Waals surface area contributed by atoms with Crippen molar-refractivity contribution in [1.29, 1.82) is 0 Å². The molecule has 1 rings (SSSR count). The standard InChI is InChI=1S/C14H15F4NO2/c1-13(2,3)11(20)7-19-12(21)9-6-8(14(16,17)18)4-5-10(9)15/h4-6H,7H2,1-3H3,(H,19,21). The summed E-state index contributed by atoms with van der Waals surface area (Å²) in [6.45, 7) is 4.52. The molecule has 0 atom stereocenters. The van der Waals surface area contributed by atoms with Crippen LogP contribution in [-0.2, 0) is 11.0 Å². The molecule has 1 amide bonds. The molecule has 3 nitrogen and oxygen atoms in total. The molecule has 0 aromatic heterocycles. The SMILES string of the molecule is CC(C)(C)C(=O)CNC(=O)c1cc(C(F)(F)F)ccc1F. The van der Waals surface area contributed by atoms with Crippen molar-refractivity contribution >= 4 is 11.7 Å². The summed E-state index contributed by atoms with van der Waals surface area (Å²) in [5.74, 6) is -2.46. The minimum absolute atomic E-state index is 0.316. The second kappa shape index (κ2) is 5.83. The number of rotatable bonds is 3. The molecule has 21 heavy (non-hydrogen) atoms. The largest absolute Gasteiger partial charge is 0.416 e. The molecule has 0 aliphatic heterocycles. The Hall–Kier alpha value is -1.92. The Morgan fingerprint density at radius 2 is 1.71 bits per heavy atom. The van der Waals surface area contributed by atoms with Gasteiger partial charge in [-0.05, 0) is 18.2 Å². The average molecular weight is 305 g/mol. The number of amides is 1. The summed E-state index contributed by atoms with van der Waals surface area (Å²) in [5.41, 5.74) is -2.58. The van der Waals surface area contributed by atoms with Crippen molar-refractivity contribution < 1.29 is 27.2 Å². The Bertz CT molecular complexity index is 559. The summed E-state index contributed by atoms with van der Waals surface area (Å²) in [6.07, 6.45) is -4.68. The van der Waals surface area contributed by atoms with Crippen LogP contribution in [0.4, 0.5) is 17.6 Å². The lowest BCUT2D eigenvalue weighted by Gasteiger charge is -2.17. The zero-order chi connectivity index (χ0) is 16.4. The maximum absolute atomic E-state index is 13.5. The number of hydrogen-bond donors (Lipinski definition) is 1. The Labute approximate surface area is 119 Å². The van der Waals surface area contributed by atoms with Crippen LogP contribution in [0.3, 0.4) is 0 Å². The highest BCUT2D eigenvalue weighted by Crippen LogP contribution is 2.30. The summed E-state index contributed by atoms with van der Waals surface area (Å²) in [6, 6.07) is 1.54. The van der Waals surface area contributed by atoms with Crippen molar-refractivity contribution in [1.82, 2.24) is 5.32 Å². The molecule has 7 heteroatoms. The van der Waals surface area contributed by atoms with Crippen LogP contribution in [-0.4, -0.2) is 18.2 Å². The molecular formula is C14H15F4NO2. The second-order valence-electron chi connectivity index (χ2n) is 5.55. The van der Waals surface area contributed by atoms with Crippen molar-refractivity contribution in [2.75, 3.05) is 6.54 Å². The van der Waals surface area contributed by atoms with Crippen LogP contribution in [0.25, 0.3) is 0 Å². The van der Waals surface area contributed by atoms with Gasteiger partial charge in [0.1, 0.15) is 5.82 Å². The predicted octanol–water partition coefficient (Wildman–Crippen LogP) is 3.19. The van der Waals surface area contributed by atoms with E-state index in [1.165, 1.54) is 0 Å². The molecule has 1 aromatic rings.